The van der Waals surface area contributed by atoms with E-state index in [9.17, 15) is 4.79 Å². The standard InChI is InChI=1S/C20H18ClN3O3/c1-12-19(21)13(2)24(23-12)16-6-4-15(5-7-16)22-20(25)14-3-8-17-18(11-14)27-10-9-26-17/h3-8,11H,9-10H2,1-2H3,(H,22,25). The Morgan fingerprint density at radius 2 is 1.78 bits per heavy atom. The van der Waals surface area contributed by atoms with Crippen LogP contribution in [0.2, 0.25) is 5.02 Å². The van der Waals surface area contributed by atoms with Gasteiger partial charge in [0.15, 0.2) is 11.5 Å². The molecule has 0 saturated heterocycles. The van der Waals surface area contributed by atoms with Crippen molar-refractivity contribution in [1.82, 2.24) is 9.78 Å². The summed E-state index contributed by atoms with van der Waals surface area (Å²) in [6.07, 6.45) is 0. The highest BCUT2D eigenvalue weighted by molar-refractivity contribution is 6.31. The predicted octanol–water partition coefficient (Wildman–Crippen LogP) is 4.17. The molecule has 6 nitrogen and oxygen atoms in total. The molecular formula is C20H18ClN3O3. The van der Waals surface area contributed by atoms with E-state index >= 15 is 0 Å². The smallest absolute Gasteiger partial charge is 0.255 e. The van der Waals surface area contributed by atoms with Crippen LogP contribution in [0.4, 0.5) is 5.69 Å². The lowest BCUT2D eigenvalue weighted by Gasteiger charge is -2.18. The Hall–Kier alpha value is -2.99. The quantitative estimate of drug-likeness (QED) is 0.737. The number of carbonyl (C=O) groups is 1. The number of aryl methyl sites for hydroxylation is 1. The summed E-state index contributed by atoms with van der Waals surface area (Å²) < 4.78 is 12.8. The van der Waals surface area contributed by atoms with Crippen molar-refractivity contribution < 1.29 is 14.3 Å². The van der Waals surface area contributed by atoms with Gasteiger partial charge in [-0.25, -0.2) is 4.68 Å². The third-order valence-corrected chi connectivity index (χ3v) is 4.92. The van der Waals surface area contributed by atoms with Crippen LogP contribution in [0.5, 0.6) is 11.5 Å². The minimum Gasteiger partial charge on any atom is -0.486 e. The van der Waals surface area contributed by atoms with Gasteiger partial charge in [0, 0.05) is 11.3 Å². The fourth-order valence-corrected chi connectivity index (χ4v) is 3.07. The van der Waals surface area contributed by atoms with Gasteiger partial charge in [0.05, 0.1) is 22.1 Å². The van der Waals surface area contributed by atoms with Crippen LogP contribution in [0, 0.1) is 13.8 Å². The Balaban J connectivity index is 1.51. The molecule has 2 heterocycles. The van der Waals surface area contributed by atoms with Crippen molar-refractivity contribution in [3.05, 3.63) is 64.4 Å². The topological polar surface area (TPSA) is 65.4 Å². The fraction of sp³-hybridized carbons (Fsp3) is 0.200. The van der Waals surface area contributed by atoms with Gasteiger partial charge in [0.25, 0.3) is 5.91 Å². The molecule has 0 radical (unpaired) electrons. The molecule has 0 spiro atoms. The molecule has 1 aromatic heterocycles. The Morgan fingerprint density at radius 1 is 1.07 bits per heavy atom. The first-order valence-corrected chi connectivity index (χ1v) is 8.94. The van der Waals surface area contributed by atoms with Crippen molar-refractivity contribution in [2.24, 2.45) is 0 Å². The molecule has 1 amide bonds. The minimum absolute atomic E-state index is 0.214. The predicted molar refractivity (Wildman–Crippen MR) is 103 cm³/mol. The first-order valence-electron chi connectivity index (χ1n) is 8.56. The maximum absolute atomic E-state index is 12.5. The zero-order valence-corrected chi connectivity index (χ0v) is 15.7. The summed E-state index contributed by atoms with van der Waals surface area (Å²) in [4.78, 5) is 12.5. The van der Waals surface area contributed by atoms with Gasteiger partial charge in [0.1, 0.15) is 13.2 Å². The molecule has 27 heavy (non-hydrogen) atoms. The van der Waals surface area contributed by atoms with Gasteiger partial charge in [-0.05, 0) is 56.3 Å². The molecule has 1 N–H and O–H groups in total. The summed E-state index contributed by atoms with van der Waals surface area (Å²) in [5.41, 5.74) is 3.73. The highest BCUT2D eigenvalue weighted by atomic mass is 35.5. The maximum Gasteiger partial charge on any atom is 0.255 e. The number of fused-ring (bicyclic) bond motifs is 1. The van der Waals surface area contributed by atoms with Crippen LogP contribution in [-0.4, -0.2) is 28.9 Å². The van der Waals surface area contributed by atoms with E-state index in [4.69, 9.17) is 21.1 Å². The first-order chi connectivity index (χ1) is 13.0. The molecule has 1 aliphatic heterocycles. The van der Waals surface area contributed by atoms with Crippen LogP contribution in [0.1, 0.15) is 21.7 Å². The molecule has 0 unspecified atom stereocenters. The van der Waals surface area contributed by atoms with Crippen LogP contribution in [0.3, 0.4) is 0 Å². The minimum atomic E-state index is -0.214. The molecule has 7 heteroatoms. The van der Waals surface area contributed by atoms with E-state index in [1.54, 1.807) is 22.9 Å². The highest BCUT2D eigenvalue weighted by Crippen LogP contribution is 2.31. The second kappa shape index (κ2) is 6.96. The summed E-state index contributed by atoms with van der Waals surface area (Å²) in [5, 5.41) is 7.97. The van der Waals surface area contributed by atoms with Crippen molar-refractivity contribution in [1.29, 1.82) is 0 Å². The third kappa shape index (κ3) is 3.36. The van der Waals surface area contributed by atoms with Crippen LogP contribution < -0.4 is 14.8 Å². The van der Waals surface area contributed by atoms with Gasteiger partial charge in [-0.1, -0.05) is 11.6 Å². The van der Waals surface area contributed by atoms with Crippen LogP contribution in [0.25, 0.3) is 5.69 Å². The Bertz CT molecular complexity index is 1010. The molecule has 0 atom stereocenters. The van der Waals surface area contributed by atoms with E-state index in [2.05, 4.69) is 10.4 Å². The van der Waals surface area contributed by atoms with Crippen LogP contribution in [0.15, 0.2) is 42.5 Å². The van der Waals surface area contributed by atoms with E-state index in [1.807, 2.05) is 38.1 Å². The molecule has 2 aromatic carbocycles. The van der Waals surface area contributed by atoms with Gasteiger partial charge in [-0.2, -0.15) is 5.10 Å². The zero-order valence-electron chi connectivity index (χ0n) is 15.0. The fourth-order valence-electron chi connectivity index (χ4n) is 2.95. The molecule has 0 fully saturated rings. The number of nitrogens with one attached hydrogen (secondary N) is 1. The number of carbonyl (C=O) groups excluding carboxylic acids is 1. The third-order valence-electron chi connectivity index (χ3n) is 4.38. The van der Waals surface area contributed by atoms with E-state index in [0.717, 1.165) is 17.1 Å². The molecule has 0 aliphatic carbocycles. The number of aromatic nitrogens is 2. The Labute approximate surface area is 161 Å². The number of hydrogen-bond donors (Lipinski definition) is 1. The summed E-state index contributed by atoms with van der Waals surface area (Å²) in [6, 6.07) is 12.6. The number of rotatable bonds is 3. The largest absolute Gasteiger partial charge is 0.486 e. The van der Waals surface area contributed by atoms with Gasteiger partial charge in [-0.3, -0.25) is 4.79 Å². The van der Waals surface area contributed by atoms with E-state index < -0.39 is 0 Å². The summed E-state index contributed by atoms with van der Waals surface area (Å²) in [5.74, 6) is 1.03. The lowest BCUT2D eigenvalue weighted by molar-refractivity contribution is 0.102. The van der Waals surface area contributed by atoms with Crippen molar-refractivity contribution >= 4 is 23.2 Å². The first kappa shape index (κ1) is 17.4. The Kier molecular flexibility index (Phi) is 4.49. The van der Waals surface area contributed by atoms with Crippen molar-refractivity contribution in [3.8, 4) is 17.2 Å². The average Bonchev–Trinajstić information content (AvgIpc) is 2.95. The maximum atomic E-state index is 12.5. The van der Waals surface area contributed by atoms with Gasteiger partial charge >= 0.3 is 0 Å². The molecule has 0 bridgehead atoms. The van der Waals surface area contributed by atoms with E-state index in [-0.39, 0.29) is 5.91 Å². The summed E-state index contributed by atoms with van der Waals surface area (Å²) >= 11 is 6.21. The average molecular weight is 384 g/mol. The number of ether oxygens (including phenoxy) is 2. The zero-order chi connectivity index (χ0) is 19.0. The molecule has 138 valence electrons. The van der Waals surface area contributed by atoms with Gasteiger partial charge in [0.2, 0.25) is 0 Å². The van der Waals surface area contributed by atoms with Crippen molar-refractivity contribution in [2.45, 2.75) is 13.8 Å². The summed E-state index contributed by atoms with van der Waals surface area (Å²) in [7, 11) is 0. The molecule has 4 rings (SSSR count). The van der Waals surface area contributed by atoms with Gasteiger partial charge < -0.3 is 14.8 Å². The number of hydrogen-bond acceptors (Lipinski definition) is 4. The second-order valence-electron chi connectivity index (χ2n) is 6.26. The monoisotopic (exact) mass is 383 g/mol. The highest BCUT2D eigenvalue weighted by Gasteiger charge is 2.15. The molecular weight excluding hydrogens is 366 g/mol. The number of benzene rings is 2. The lowest BCUT2D eigenvalue weighted by Crippen LogP contribution is -2.17. The number of amides is 1. The Morgan fingerprint density at radius 3 is 2.44 bits per heavy atom. The number of nitrogens with zero attached hydrogens (tertiary/aromatic N) is 2. The van der Waals surface area contributed by atoms with Crippen LogP contribution >= 0.6 is 11.6 Å². The number of anilines is 1. The molecule has 0 saturated carbocycles. The normalized spacial score (nSPS) is 12.7. The SMILES string of the molecule is Cc1nn(-c2ccc(NC(=O)c3ccc4c(c3)OCCO4)cc2)c(C)c1Cl. The molecule has 1 aliphatic rings. The summed E-state index contributed by atoms with van der Waals surface area (Å²) in [6.45, 7) is 4.79. The van der Waals surface area contributed by atoms with Crippen molar-refractivity contribution in [3.63, 3.8) is 0 Å². The number of halogens is 1. The van der Waals surface area contributed by atoms with Crippen LogP contribution in [-0.2, 0) is 0 Å². The second-order valence-corrected chi connectivity index (χ2v) is 6.63. The van der Waals surface area contributed by atoms with Gasteiger partial charge in [-0.15, -0.1) is 0 Å². The van der Waals surface area contributed by atoms with E-state index in [1.165, 1.54) is 0 Å². The molecule has 3 aromatic rings. The lowest BCUT2D eigenvalue weighted by atomic mass is 10.1. The van der Waals surface area contributed by atoms with Crippen molar-refractivity contribution in [2.75, 3.05) is 18.5 Å². The van der Waals surface area contributed by atoms with E-state index in [0.29, 0.717) is 41.0 Å².